The number of allylic oxidation sites excluding steroid dienone is 4. The molecular formula is C15H26O. The molecule has 0 heterocycles. The fourth-order valence-corrected chi connectivity index (χ4v) is 1.86. The highest BCUT2D eigenvalue weighted by molar-refractivity contribution is 5.25. The first-order valence-corrected chi connectivity index (χ1v) is 6.57. The van der Waals surface area contributed by atoms with Gasteiger partial charge in [0.2, 0.25) is 0 Å². The van der Waals surface area contributed by atoms with Gasteiger partial charge in [-0.15, -0.1) is 0 Å². The summed E-state index contributed by atoms with van der Waals surface area (Å²) < 4.78 is 5.69. The molecular weight excluding hydrogens is 196 g/mol. The van der Waals surface area contributed by atoms with Crippen LogP contribution in [0.4, 0.5) is 0 Å². The lowest BCUT2D eigenvalue weighted by molar-refractivity contribution is -0.00473. The van der Waals surface area contributed by atoms with Crippen LogP contribution >= 0.6 is 0 Å². The van der Waals surface area contributed by atoms with Crippen LogP contribution in [0.1, 0.15) is 59.3 Å². The van der Waals surface area contributed by atoms with Crippen LogP contribution in [-0.2, 0) is 4.74 Å². The molecule has 0 aliphatic heterocycles. The standard InChI is InChI=1S/C15H26O/c1-15(2,3)16-13-9-5-4-6-10-14-11-7-8-12-14/h7,11-12H,4-6,8-10,13H2,1-3H3. The van der Waals surface area contributed by atoms with Crippen molar-refractivity contribution in [3.8, 4) is 0 Å². The fourth-order valence-electron chi connectivity index (χ4n) is 1.86. The van der Waals surface area contributed by atoms with Crippen molar-refractivity contribution < 1.29 is 4.74 Å². The zero-order valence-corrected chi connectivity index (χ0v) is 11.1. The maximum absolute atomic E-state index is 5.69. The molecule has 1 aliphatic rings. The second-order valence-corrected chi connectivity index (χ2v) is 5.54. The molecule has 0 aromatic heterocycles. The molecule has 1 heteroatoms. The van der Waals surface area contributed by atoms with Crippen LogP contribution in [0.5, 0.6) is 0 Å². The lowest BCUT2D eigenvalue weighted by atomic mass is 10.1. The van der Waals surface area contributed by atoms with E-state index >= 15 is 0 Å². The number of hydrogen-bond donors (Lipinski definition) is 0. The predicted octanol–water partition coefficient (Wildman–Crippen LogP) is 4.64. The Bertz CT molecular complexity index is 243. The van der Waals surface area contributed by atoms with Crippen molar-refractivity contribution in [3.05, 3.63) is 23.8 Å². The van der Waals surface area contributed by atoms with Crippen LogP contribution in [0, 0.1) is 0 Å². The van der Waals surface area contributed by atoms with Gasteiger partial charge in [-0.05, 0) is 46.5 Å². The van der Waals surface area contributed by atoms with Crippen LogP contribution in [0.15, 0.2) is 23.8 Å². The Morgan fingerprint density at radius 1 is 1.12 bits per heavy atom. The summed E-state index contributed by atoms with van der Waals surface area (Å²) in [4.78, 5) is 0. The molecule has 16 heavy (non-hydrogen) atoms. The fraction of sp³-hybridized carbons (Fsp3) is 0.733. The molecule has 92 valence electrons. The van der Waals surface area contributed by atoms with Gasteiger partial charge >= 0.3 is 0 Å². The SMILES string of the molecule is CC(C)(C)OCCCCCCC1=CCC=C1. The lowest BCUT2D eigenvalue weighted by Gasteiger charge is -2.19. The zero-order chi connectivity index (χ0) is 11.9. The minimum atomic E-state index is 0.0272. The van der Waals surface area contributed by atoms with Crippen LogP contribution in [0.25, 0.3) is 0 Å². The molecule has 0 atom stereocenters. The summed E-state index contributed by atoms with van der Waals surface area (Å²) in [6.45, 7) is 7.26. The third-order valence-corrected chi connectivity index (χ3v) is 2.74. The molecule has 1 rings (SSSR count). The van der Waals surface area contributed by atoms with Crippen molar-refractivity contribution in [2.45, 2.75) is 64.9 Å². The number of unbranched alkanes of at least 4 members (excludes halogenated alkanes) is 3. The van der Waals surface area contributed by atoms with Gasteiger partial charge in [0, 0.05) is 6.61 Å². The minimum absolute atomic E-state index is 0.0272. The summed E-state index contributed by atoms with van der Waals surface area (Å²) in [5.41, 5.74) is 1.56. The van der Waals surface area contributed by atoms with Gasteiger partial charge in [-0.1, -0.05) is 36.6 Å². The molecule has 0 saturated heterocycles. The zero-order valence-electron chi connectivity index (χ0n) is 11.1. The van der Waals surface area contributed by atoms with Gasteiger partial charge < -0.3 is 4.74 Å². The van der Waals surface area contributed by atoms with Crippen LogP contribution in [-0.4, -0.2) is 12.2 Å². The summed E-state index contributed by atoms with van der Waals surface area (Å²) in [6, 6.07) is 0. The van der Waals surface area contributed by atoms with Gasteiger partial charge in [-0.2, -0.15) is 0 Å². The first kappa shape index (κ1) is 13.5. The molecule has 0 aromatic carbocycles. The topological polar surface area (TPSA) is 9.23 Å². The smallest absolute Gasteiger partial charge is 0.0598 e. The highest BCUT2D eigenvalue weighted by Gasteiger charge is 2.08. The molecule has 0 unspecified atom stereocenters. The molecule has 0 fully saturated rings. The van der Waals surface area contributed by atoms with Crippen molar-refractivity contribution in [1.82, 2.24) is 0 Å². The predicted molar refractivity (Wildman–Crippen MR) is 70.6 cm³/mol. The van der Waals surface area contributed by atoms with Crippen LogP contribution in [0.2, 0.25) is 0 Å². The van der Waals surface area contributed by atoms with E-state index in [2.05, 4.69) is 39.0 Å². The summed E-state index contributed by atoms with van der Waals surface area (Å²) >= 11 is 0. The Morgan fingerprint density at radius 3 is 2.50 bits per heavy atom. The first-order valence-electron chi connectivity index (χ1n) is 6.57. The van der Waals surface area contributed by atoms with E-state index in [1.807, 2.05) is 0 Å². The van der Waals surface area contributed by atoms with Crippen LogP contribution < -0.4 is 0 Å². The first-order chi connectivity index (χ1) is 7.58. The van der Waals surface area contributed by atoms with Gasteiger partial charge in [0.25, 0.3) is 0 Å². The average Bonchev–Trinajstić information content (AvgIpc) is 2.67. The Hall–Kier alpha value is -0.560. The van der Waals surface area contributed by atoms with Crippen molar-refractivity contribution in [2.24, 2.45) is 0 Å². The Morgan fingerprint density at radius 2 is 1.88 bits per heavy atom. The van der Waals surface area contributed by atoms with Gasteiger partial charge in [0.15, 0.2) is 0 Å². The second kappa shape index (κ2) is 6.90. The average molecular weight is 222 g/mol. The van der Waals surface area contributed by atoms with Gasteiger partial charge in [0.05, 0.1) is 5.60 Å². The molecule has 0 spiro atoms. The normalized spacial score (nSPS) is 15.6. The van der Waals surface area contributed by atoms with E-state index in [9.17, 15) is 0 Å². The van der Waals surface area contributed by atoms with Gasteiger partial charge in [0.1, 0.15) is 0 Å². The van der Waals surface area contributed by atoms with Crippen molar-refractivity contribution in [2.75, 3.05) is 6.61 Å². The molecule has 0 amide bonds. The molecule has 0 saturated carbocycles. The molecule has 0 N–H and O–H groups in total. The van der Waals surface area contributed by atoms with Crippen molar-refractivity contribution in [3.63, 3.8) is 0 Å². The van der Waals surface area contributed by atoms with E-state index in [4.69, 9.17) is 4.74 Å². The summed E-state index contributed by atoms with van der Waals surface area (Å²) in [7, 11) is 0. The van der Waals surface area contributed by atoms with E-state index in [-0.39, 0.29) is 5.60 Å². The van der Waals surface area contributed by atoms with E-state index < -0.39 is 0 Å². The van der Waals surface area contributed by atoms with E-state index in [1.165, 1.54) is 37.7 Å². The quantitative estimate of drug-likeness (QED) is 0.570. The second-order valence-electron chi connectivity index (χ2n) is 5.54. The van der Waals surface area contributed by atoms with E-state index in [0.717, 1.165) is 13.0 Å². The Balaban J connectivity index is 1.87. The Kier molecular flexibility index (Phi) is 5.83. The lowest BCUT2D eigenvalue weighted by Crippen LogP contribution is -2.19. The largest absolute Gasteiger partial charge is 0.376 e. The van der Waals surface area contributed by atoms with Crippen molar-refractivity contribution >= 4 is 0 Å². The summed E-state index contributed by atoms with van der Waals surface area (Å²) in [5, 5.41) is 0. The van der Waals surface area contributed by atoms with Gasteiger partial charge in [-0.3, -0.25) is 0 Å². The van der Waals surface area contributed by atoms with E-state index in [0.29, 0.717) is 0 Å². The Labute approximate surface area is 101 Å². The van der Waals surface area contributed by atoms with Crippen molar-refractivity contribution in [1.29, 1.82) is 0 Å². The summed E-state index contributed by atoms with van der Waals surface area (Å²) in [5.74, 6) is 0. The third-order valence-electron chi connectivity index (χ3n) is 2.74. The number of hydrogen-bond acceptors (Lipinski definition) is 1. The van der Waals surface area contributed by atoms with E-state index in [1.54, 1.807) is 0 Å². The molecule has 0 radical (unpaired) electrons. The monoisotopic (exact) mass is 222 g/mol. The number of ether oxygens (including phenoxy) is 1. The molecule has 1 aliphatic carbocycles. The molecule has 0 aromatic rings. The summed E-state index contributed by atoms with van der Waals surface area (Å²) in [6.07, 6.45) is 14.4. The van der Waals surface area contributed by atoms with Gasteiger partial charge in [-0.25, -0.2) is 0 Å². The third kappa shape index (κ3) is 6.84. The minimum Gasteiger partial charge on any atom is -0.376 e. The maximum Gasteiger partial charge on any atom is 0.0598 e. The maximum atomic E-state index is 5.69. The highest BCUT2D eigenvalue weighted by Crippen LogP contribution is 2.17. The molecule has 1 nitrogen and oxygen atoms in total. The highest BCUT2D eigenvalue weighted by atomic mass is 16.5. The molecule has 0 bridgehead atoms. The number of rotatable bonds is 7. The van der Waals surface area contributed by atoms with Crippen LogP contribution in [0.3, 0.4) is 0 Å².